The van der Waals surface area contributed by atoms with Crippen LogP contribution in [0.25, 0.3) is 0 Å². The van der Waals surface area contributed by atoms with Crippen LogP contribution in [0.2, 0.25) is 0 Å². The highest BCUT2D eigenvalue weighted by molar-refractivity contribution is 5.69. The van der Waals surface area contributed by atoms with Gasteiger partial charge < -0.3 is 39.4 Å². The van der Waals surface area contributed by atoms with E-state index >= 15 is 0 Å². The SMILES string of the molecule is CCCCCCCCCCCC(=O)OCC(O)CO.OCCOCCOCCOCCO. The molecule has 0 saturated carbocycles. The van der Waals surface area contributed by atoms with E-state index in [4.69, 9.17) is 39.4 Å². The molecule has 0 aliphatic heterocycles. The van der Waals surface area contributed by atoms with Crippen molar-refractivity contribution in [1.29, 1.82) is 0 Å². The van der Waals surface area contributed by atoms with E-state index in [1.165, 1.54) is 44.9 Å². The summed E-state index contributed by atoms with van der Waals surface area (Å²) in [4.78, 5) is 11.3. The van der Waals surface area contributed by atoms with E-state index in [0.717, 1.165) is 12.8 Å². The molecular weight excluding hydrogens is 420 g/mol. The normalized spacial score (nSPS) is 11.7. The highest BCUT2D eigenvalue weighted by Crippen LogP contribution is 2.10. The Morgan fingerprint density at radius 2 is 1.12 bits per heavy atom. The van der Waals surface area contributed by atoms with E-state index in [9.17, 15) is 4.79 Å². The van der Waals surface area contributed by atoms with Gasteiger partial charge in [0.1, 0.15) is 12.7 Å². The quantitative estimate of drug-likeness (QED) is 0.131. The topological polar surface area (TPSA) is 135 Å². The van der Waals surface area contributed by atoms with Gasteiger partial charge in [0.25, 0.3) is 0 Å². The number of hydrogen-bond donors (Lipinski definition) is 4. The molecule has 9 nitrogen and oxygen atoms in total. The molecule has 32 heavy (non-hydrogen) atoms. The molecule has 0 aromatic heterocycles. The van der Waals surface area contributed by atoms with Gasteiger partial charge in [0.2, 0.25) is 0 Å². The summed E-state index contributed by atoms with van der Waals surface area (Å²) >= 11 is 0. The van der Waals surface area contributed by atoms with Gasteiger partial charge in [-0.15, -0.1) is 0 Å². The maximum atomic E-state index is 11.3. The lowest BCUT2D eigenvalue weighted by atomic mass is 10.1. The second-order valence-electron chi connectivity index (χ2n) is 7.38. The standard InChI is InChI=1S/C15H30O4.C8H18O5/c1-2-3-4-5-6-7-8-9-10-11-15(18)19-13-14(17)12-16;9-1-3-11-5-7-13-8-6-12-4-2-10/h14,16-17H,2-13H2,1H3;9-10H,1-8H2. The molecule has 1 atom stereocenters. The summed E-state index contributed by atoms with van der Waals surface area (Å²) < 4.78 is 19.8. The third-order valence-electron chi connectivity index (χ3n) is 4.35. The summed E-state index contributed by atoms with van der Waals surface area (Å²) in [6, 6.07) is 0. The molecule has 0 fully saturated rings. The van der Waals surface area contributed by atoms with Crippen molar-refractivity contribution in [2.24, 2.45) is 0 Å². The van der Waals surface area contributed by atoms with Gasteiger partial charge in [-0.05, 0) is 6.42 Å². The minimum absolute atomic E-state index is 0.0413. The Bertz CT molecular complexity index is 346. The van der Waals surface area contributed by atoms with Gasteiger partial charge in [0, 0.05) is 6.42 Å². The van der Waals surface area contributed by atoms with Crippen molar-refractivity contribution in [3.05, 3.63) is 0 Å². The fourth-order valence-corrected chi connectivity index (χ4v) is 2.56. The second-order valence-corrected chi connectivity index (χ2v) is 7.38. The van der Waals surface area contributed by atoms with Crippen LogP contribution < -0.4 is 0 Å². The molecule has 194 valence electrons. The molecule has 0 spiro atoms. The fraction of sp³-hybridized carbons (Fsp3) is 0.957. The van der Waals surface area contributed by atoms with Crippen molar-refractivity contribution < 1.29 is 44.2 Å². The Kier molecular flexibility index (Phi) is 31.5. The van der Waals surface area contributed by atoms with Gasteiger partial charge in [-0.25, -0.2) is 0 Å². The minimum Gasteiger partial charge on any atom is -0.463 e. The summed E-state index contributed by atoms with van der Waals surface area (Å²) in [6.07, 6.45) is 10.4. The summed E-state index contributed by atoms with van der Waals surface area (Å²) in [6.45, 7) is 4.51. The number of hydrogen-bond acceptors (Lipinski definition) is 9. The first-order valence-electron chi connectivity index (χ1n) is 12.0. The molecule has 1 unspecified atom stereocenters. The Labute approximate surface area is 194 Å². The van der Waals surface area contributed by atoms with Crippen molar-refractivity contribution in [1.82, 2.24) is 0 Å². The molecule has 4 N–H and O–H groups in total. The zero-order chi connectivity index (χ0) is 24.1. The van der Waals surface area contributed by atoms with E-state index in [1.54, 1.807) is 0 Å². The van der Waals surface area contributed by atoms with Crippen LogP contribution in [0.5, 0.6) is 0 Å². The smallest absolute Gasteiger partial charge is 0.305 e. The van der Waals surface area contributed by atoms with Crippen LogP contribution in [-0.2, 0) is 23.7 Å². The van der Waals surface area contributed by atoms with E-state index in [0.29, 0.717) is 46.1 Å². The van der Waals surface area contributed by atoms with Gasteiger partial charge in [-0.3, -0.25) is 4.79 Å². The number of unbranched alkanes of at least 4 members (excludes halogenated alkanes) is 8. The maximum absolute atomic E-state index is 11.3. The number of aliphatic hydroxyl groups excluding tert-OH is 4. The molecular formula is C23H48O9. The molecule has 9 heteroatoms. The average Bonchev–Trinajstić information content (AvgIpc) is 2.81. The number of ether oxygens (including phenoxy) is 4. The molecule has 0 amide bonds. The Morgan fingerprint density at radius 1 is 0.688 bits per heavy atom. The van der Waals surface area contributed by atoms with Gasteiger partial charge >= 0.3 is 5.97 Å². The number of carbonyl (C=O) groups is 1. The molecule has 0 rings (SSSR count). The number of aliphatic hydroxyl groups is 4. The zero-order valence-electron chi connectivity index (χ0n) is 20.0. The molecule has 0 aliphatic carbocycles. The third kappa shape index (κ3) is 31.4. The number of esters is 1. The first kappa shape index (κ1) is 33.4. The van der Waals surface area contributed by atoms with E-state index < -0.39 is 6.10 Å². The third-order valence-corrected chi connectivity index (χ3v) is 4.35. The van der Waals surface area contributed by atoms with Crippen molar-refractivity contribution in [2.75, 3.05) is 66.1 Å². The number of rotatable bonds is 23. The molecule has 0 bridgehead atoms. The van der Waals surface area contributed by atoms with Crippen LogP contribution in [0, 0.1) is 0 Å². The molecule has 0 aliphatic rings. The summed E-state index contributed by atoms with van der Waals surface area (Å²) in [5.74, 6) is -0.282. The highest BCUT2D eigenvalue weighted by Gasteiger charge is 2.07. The summed E-state index contributed by atoms with van der Waals surface area (Å²) in [5.41, 5.74) is 0. The van der Waals surface area contributed by atoms with Crippen molar-refractivity contribution in [3.63, 3.8) is 0 Å². The predicted molar refractivity (Wildman–Crippen MR) is 123 cm³/mol. The van der Waals surface area contributed by atoms with Crippen LogP contribution in [0.3, 0.4) is 0 Å². The first-order valence-corrected chi connectivity index (χ1v) is 12.0. The maximum Gasteiger partial charge on any atom is 0.305 e. The Balaban J connectivity index is 0. The van der Waals surface area contributed by atoms with Gasteiger partial charge in [0.15, 0.2) is 0 Å². The van der Waals surface area contributed by atoms with Gasteiger partial charge in [-0.2, -0.15) is 0 Å². The lowest BCUT2D eigenvalue weighted by Crippen LogP contribution is -2.21. The second kappa shape index (κ2) is 30.2. The van der Waals surface area contributed by atoms with E-state index in [2.05, 4.69) is 6.92 Å². The minimum atomic E-state index is -0.952. The van der Waals surface area contributed by atoms with Crippen LogP contribution in [-0.4, -0.2) is 98.6 Å². The van der Waals surface area contributed by atoms with Crippen LogP contribution >= 0.6 is 0 Å². The Morgan fingerprint density at radius 3 is 1.56 bits per heavy atom. The van der Waals surface area contributed by atoms with Gasteiger partial charge in [0.05, 0.1) is 59.5 Å². The lowest BCUT2D eigenvalue weighted by molar-refractivity contribution is -0.147. The van der Waals surface area contributed by atoms with Crippen molar-refractivity contribution in [3.8, 4) is 0 Å². The Hall–Kier alpha value is -0.810. The molecule has 0 saturated heterocycles. The monoisotopic (exact) mass is 468 g/mol. The van der Waals surface area contributed by atoms with Crippen molar-refractivity contribution >= 4 is 5.97 Å². The highest BCUT2D eigenvalue weighted by atomic mass is 16.5. The largest absolute Gasteiger partial charge is 0.463 e. The zero-order valence-corrected chi connectivity index (χ0v) is 20.0. The summed E-state index contributed by atoms with van der Waals surface area (Å²) in [5, 5.41) is 34.3. The first-order chi connectivity index (χ1) is 15.6. The van der Waals surface area contributed by atoms with E-state index in [-0.39, 0.29) is 32.4 Å². The van der Waals surface area contributed by atoms with E-state index in [1.807, 2.05) is 0 Å². The van der Waals surface area contributed by atoms with Crippen LogP contribution in [0.15, 0.2) is 0 Å². The fourth-order valence-electron chi connectivity index (χ4n) is 2.56. The van der Waals surface area contributed by atoms with Crippen LogP contribution in [0.1, 0.15) is 71.1 Å². The summed E-state index contributed by atoms with van der Waals surface area (Å²) in [7, 11) is 0. The molecule has 0 aromatic rings. The lowest BCUT2D eigenvalue weighted by Gasteiger charge is -2.08. The molecule has 0 aromatic carbocycles. The number of carbonyl (C=O) groups excluding carboxylic acids is 1. The van der Waals surface area contributed by atoms with Gasteiger partial charge in [-0.1, -0.05) is 58.3 Å². The molecule has 0 radical (unpaired) electrons. The average molecular weight is 469 g/mol. The predicted octanol–water partition coefficient (Wildman–Crippen LogP) is 1.82. The van der Waals surface area contributed by atoms with Crippen LogP contribution in [0.4, 0.5) is 0 Å². The molecule has 0 heterocycles. The van der Waals surface area contributed by atoms with Crippen molar-refractivity contribution in [2.45, 2.75) is 77.2 Å².